The predicted octanol–water partition coefficient (Wildman–Crippen LogP) is 1.36. The van der Waals surface area contributed by atoms with Crippen molar-refractivity contribution in [2.24, 2.45) is 0 Å². The van der Waals surface area contributed by atoms with Gasteiger partial charge in [-0.1, -0.05) is 6.07 Å². The molecule has 0 saturated carbocycles. The van der Waals surface area contributed by atoms with Crippen LogP contribution in [0.1, 0.15) is 17.4 Å². The summed E-state index contributed by atoms with van der Waals surface area (Å²) in [4.78, 5) is 14.3. The van der Waals surface area contributed by atoms with Gasteiger partial charge in [-0.2, -0.15) is 4.98 Å². The Hall–Kier alpha value is -2.21. The molecular weight excluding hydrogens is 256 g/mol. The Bertz CT molecular complexity index is 562. The number of hydrogen-bond acceptors (Lipinski definition) is 6. The van der Waals surface area contributed by atoms with Gasteiger partial charge in [-0.25, -0.2) is 4.98 Å². The quantitative estimate of drug-likeness (QED) is 0.887. The Morgan fingerprint density at radius 2 is 2.20 bits per heavy atom. The molecule has 0 spiro atoms. The van der Waals surface area contributed by atoms with Crippen LogP contribution >= 0.6 is 0 Å². The second-order valence-corrected chi connectivity index (χ2v) is 4.54. The fourth-order valence-electron chi connectivity index (χ4n) is 1.84. The van der Waals surface area contributed by atoms with E-state index in [4.69, 9.17) is 4.74 Å². The number of hydrogen-bond donors (Lipinski definition) is 1. The highest BCUT2D eigenvalue weighted by atomic mass is 16.5. The van der Waals surface area contributed by atoms with Crippen LogP contribution in [0.5, 0.6) is 6.01 Å². The van der Waals surface area contributed by atoms with Gasteiger partial charge in [0.15, 0.2) is 0 Å². The predicted molar refractivity (Wildman–Crippen MR) is 75.8 cm³/mol. The zero-order valence-corrected chi connectivity index (χ0v) is 11.8. The lowest BCUT2D eigenvalue weighted by molar-refractivity contribution is 0.184. The fourth-order valence-corrected chi connectivity index (χ4v) is 1.84. The van der Waals surface area contributed by atoms with Crippen LogP contribution in [0.4, 0.5) is 5.82 Å². The molecule has 2 aromatic heterocycles. The van der Waals surface area contributed by atoms with E-state index in [2.05, 4.69) is 15.0 Å². The monoisotopic (exact) mass is 274 g/mol. The van der Waals surface area contributed by atoms with Crippen molar-refractivity contribution in [3.8, 4) is 6.01 Å². The van der Waals surface area contributed by atoms with Crippen molar-refractivity contribution < 1.29 is 9.84 Å². The lowest BCUT2D eigenvalue weighted by atomic mass is 10.1. The third kappa shape index (κ3) is 3.42. The average Bonchev–Trinajstić information content (AvgIpc) is 2.47. The number of aryl methyl sites for hydroxylation is 1. The molecule has 20 heavy (non-hydrogen) atoms. The van der Waals surface area contributed by atoms with Crippen molar-refractivity contribution in [3.63, 3.8) is 0 Å². The van der Waals surface area contributed by atoms with Crippen molar-refractivity contribution in [2.45, 2.75) is 13.0 Å². The molecule has 0 aliphatic heterocycles. The molecule has 0 saturated heterocycles. The molecule has 0 fully saturated rings. The van der Waals surface area contributed by atoms with Gasteiger partial charge < -0.3 is 14.7 Å². The van der Waals surface area contributed by atoms with E-state index in [1.807, 2.05) is 31.0 Å². The van der Waals surface area contributed by atoms with Gasteiger partial charge in [0.05, 0.1) is 13.2 Å². The molecule has 6 nitrogen and oxygen atoms in total. The van der Waals surface area contributed by atoms with Gasteiger partial charge in [0.2, 0.25) is 0 Å². The molecule has 0 radical (unpaired) electrons. The highest BCUT2D eigenvalue weighted by molar-refractivity contribution is 5.40. The van der Waals surface area contributed by atoms with Gasteiger partial charge in [0.1, 0.15) is 5.82 Å². The number of ether oxygens (including phenoxy) is 1. The highest BCUT2D eigenvalue weighted by Gasteiger charge is 2.13. The summed E-state index contributed by atoms with van der Waals surface area (Å²) < 4.78 is 5.05. The van der Waals surface area contributed by atoms with E-state index in [1.54, 1.807) is 18.5 Å². The van der Waals surface area contributed by atoms with E-state index in [1.165, 1.54) is 7.11 Å². The Morgan fingerprint density at radius 3 is 2.85 bits per heavy atom. The number of aliphatic hydroxyl groups is 1. The molecule has 0 amide bonds. The molecule has 2 heterocycles. The second-order valence-electron chi connectivity index (χ2n) is 4.54. The molecule has 2 aromatic rings. The molecule has 1 unspecified atom stereocenters. The van der Waals surface area contributed by atoms with Crippen molar-refractivity contribution in [1.29, 1.82) is 0 Å². The normalized spacial score (nSPS) is 12.0. The Kier molecular flexibility index (Phi) is 4.47. The highest BCUT2D eigenvalue weighted by Crippen LogP contribution is 2.18. The van der Waals surface area contributed by atoms with E-state index in [9.17, 15) is 5.11 Å². The molecule has 2 rings (SSSR count). The summed E-state index contributed by atoms with van der Waals surface area (Å²) in [6, 6.07) is 5.81. The van der Waals surface area contributed by atoms with Gasteiger partial charge in [-0.05, 0) is 13.0 Å². The molecule has 0 aromatic carbocycles. The first-order valence-electron chi connectivity index (χ1n) is 6.29. The summed E-state index contributed by atoms with van der Waals surface area (Å²) in [6.45, 7) is 2.28. The maximum Gasteiger partial charge on any atom is 0.318 e. The summed E-state index contributed by atoms with van der Waals surface area (Å²) in [7, 11) is 3.39. The Balaban J connectivity index is 2.12. The van der Waals surface area contributed by atoms with Crippen LogP contribution in [0.15, 0.2) is 30.6 Å². The van der Waals surface area contributed by atoms with E-state index >= 15 is 0 Å². The van der Waals surface area contributed by atoms with Crippen LogP contribution in [0, 0.1) is 6.92 Å². The largest absolute Gasteiger partial charge is 0.467 e. The van der Waals surface area contributed by atoms with Crippen LogP contribution in [-0.4, -0.2) is 40.8 Å². The van der Waals surface area contributed by atoms with Gasteiger partial charge in [0, 0.05) is 43.3 Å². The van der Waals surface area contributed by atoms with Gasteiger partial charge >= 0.3 is 6.01 Å². The maximum atomic E-state index is 10.2. The molecule has 106 valence electrons. The minimum Gasteiger partial charge on any atom is -0.467 e. The molecule has 0 aliphatic carbocycles. The SMILES string of the molecule is COc1nc(C)cc(N(C)CC(O)c2cccnc2)n1. The molecule has 1 atom stereocenters. The number of nitrogens with zero attached hydrogens (tertiary/aromatic N) is 4. The van der Waals surface area contributed by atoms with E-state index < -0.39 is 6.10 Å². The van der Waals surface area contributed by atoms with Crippen LogP contribution in [-0.2, 0) is 0 Å². The van der Waals surface area contributed by atoms with Crippen molar-refractivity contribution >= 4 is 5.82 Å². The number of aromatic nitrogens is 3. The number of anilines is 1. The average molecular weight is 274 g/mol. The zero-order valence-electron chi connectivity index (χ0n) is 11.8. The van der Waals surface area contributed by atoms with Gasteiger partial charge in [-0.15, -0.1) is 0 Å². The first-order chi connectivity index (χ1) is 9.60. The van der Waals surface area contributed by atoms with Crippen molar-refractivity contribution in [3.05, 3.63) is 41.9 Å². The van der Waals surface area contributed by atoms with E-state index in [0.29, 0.717) is 18.4 Å². The zero-order chi connectivity index (χ0) is 14.5. The van der Waals surface area contributed by atoms with Crippen LogP contribution in [0.2, 0.25) is 0 Å². The molecule has 1 N–H and O–H groups in total. The fraction of sp³-hybridized carbons (Fsp3) is 0.357. The molecule has 0 aliphatic rings. The number of likely N-dealkylation sites (N-methyl/N-ethyl adjacent to an activating group) is 1. The van der Waals surface area contributed by atoms with Crippen LogP contribution in [0.25, 0.3) is 0 Å². The smallest absolute Gasteiger partial charge is 0.318 e. The third-order valence-corrected chi connectivity index (χ3v) is 2.91. The number of methoxy groups -OCH3 is 1. The lowest BCUT2D eigenvalue weighted by Crippen LogP contribution is -2.25. The molecule has 0 bridgehead atoms. The number of aliphatic hydroxyl groups excluding tert-OH is 1. The van der Waals surface area contributed by atoms with Crippen molar-refractivity contribution in [1.82, 2.24) is 15.0 Å². The Labute approximate surface area is 118 Å². The minimum absolute atomic E-state index is 0.322. The topological polar surface area (TPSA) is 71.4 Å². The Morgan fingerprint density at radius 1 is 1.40 bits per heavy atom. The van der Waals surface area contributed by atoms with Crippen LogP contribution in [0.3, 0.4) is 0 Å². The molecular formula is C14H18N4O2. The third-order valence-electron chi connectivity index (χ3n) is 2.91. The summed E-state index contributed by atoms with van der Waals surface area (Å²) in [6.07, 6.45) is 2.71. The van der Waals surface area contributed by atoms with E-state index in [0.717, 1.165) is 11.3 Å². The number of pyridine rings is 1. The van der Waals surface area contributed by atoms with Crippen molar-refractivity contribution in [2.75, 3.05) is 25.6 Å². The van der Waals surface area contributed by atoms with Gasteiger partial charge in [0.25, 0.3) is 0 Å². The first-order valence-corrected chi connectivity index (χ1v) is 6.29. The summed E-state index contributed by atoms with van der Waals surface area (Å²) >= 11 is 0. The minimum atomic E-state index is -0.630. The first kappa shape index (κ1) is 14.2. The summed E-state index contributed by atoms with van der Waals surface area (Å²) in [5, 5.41) is 10.2. The summed E-state index contributed by atoms with van der Waals surface area (Å²) in [5.41, 5.74) is 1.59. The standard InChI is InChI=1S/C14H18N4O2/c1-10-7-13(17-14(16-10)20-3)18(2)9-12(19)11-5-4-6-15-8-11/h4-8,12,19H,9H2,1-3H3. The second kappa shape index (κ2) is 6.29. The van der Waals surface area contributed by atoms with Crippen LogP contribution < -0.4 is 9.64 Å². The number of rotatable bonds is 5. The maximum absolute atomic E-state index is 10.2. The van der Waals surface area contributed by atoms with E-state index in [-0.39, 0.29) is 0 Å². The summed E-state index contributed by atoms with van der Waals surface area (Å²) in [5.74, 6) is 0.706. The van der Waals surface area contributed by atoms with Gasteiger partial charge in [-0.3, -0.25) is 4.98 Å². The molecule has 6 heteroatoms. The lowest BCUT2D eigenvalue weighted by Gasteiger charge is -2.22.